The molecule has 1 heterocycles. The molecule has 1 aliphatic heterocycles. The third-order valence-corrected chi connectivity index (χ3v) is 6.22. The van der Waals surface area contributed by atoms with Crippen LogP contribution >= 0.6 is 23.2 Å². The Morgan fingerprint density at radius 3 is 2.31 bits per heavy atom. The van der Waals surface area contributed by atoms with E-state index < -0.39 is 63.3 Å². The third-order valence-electron chi connectivity index (χ3n) is 5.67. The van der Waals surface area contributed by atoms with Gasteiger partial charge < -0.3 is 10.4 Å². The fourth-order valence-electron chi connectivity index (χ4n) is 3.65. The largest absolute Gasteiger partial charge is 0.421 e. The van der Waals surface area contributed by atoms with Crippen LogP contribution < -0.4 is 5.32 Å². The van der Waals surface area contributed by atoms with Crippen LogP contribution in [0.4, 0.5) is 17.6 Å². The Bertz CT molecular complexity index is 1200. The summed E-state index contributed by atoms with van der Waals surface area (Å²) < 4.78 is 55.3. The number of alkyl halides is 3. The second-order valence-electron chi connectivity index (χ2n) is 8.10. The summed E-state index contributed by atoms with van der Waals surface area (Å²) in [5, 5.41) is 12.6. The number of likely N-dealkylation sites (N-methyl/N-ethyl adjacent to an activating group) is 1. The number of halogens is 6. The summed E-state index contributed by atoms with van der Waals surface area (Å²) in [6.45, 7) is 3.39. The number of nitrogens with one attached hydrogen (secondary N) is 1. The van der Waals surface area contributed by atoms with Crippen LogP contribution in [0.3, 0.4) is 0 Å². The van der Waals surface area contributed by atoms with Gasteiger partial charge in [0.15, 0.2) is 17.2 Å². The lowest BCUT2D eigenvalue weighted by atomic mass is 9.85. The van der Waals surface area contributed by atoms with Gasteiger partial charge >= 0.3 is 6.18 Å². The van der Waals surface area contributed by atoms with E-state index >= 15 is 0 Å². The molecule has 0 bridgehead atoms. The van der Waals surface area contributed by atoms with Gasteiger partial charge in [0.2, 0.25) is 0 Å². The molecular weight excluding hydrogens is 531 g/mol. The van der Waals surface area contributed by atoms with Crippen LogP contribution in [0.5, 0.6) is 0 Å². The molecule has 2 aromatic carbocycles. The number of benzene rings is 2. The van der Waals surface area contributed by atoms with E-state index in [0.29, 0.717) is 18.7 Å². The summed E-state index contributed by atoms with van der Waals surface area (Å²) in [4.78, 5) is 42.6. The van der Waals surface area contributed by atoms with Crippen molar-refractivity contribution in [1.29, 1.82) is 0 Å². The van der Waals surface area contributed by atoms with Crippen LogP contribution in [0.15, 0.2) is 30.3 Å². The number of hydrogen-bond donors (Lipinski definition) is 2. The van der Waals surface area contributed by atoms with Crippen LogP contribution in [0.1, 0.15) is 45.2 Å². The zero-order chi connectivity index (χ0) is 27.0. The van der Waals surface area contributed by atoms with Gasteiger partial charge in [-0.05, 0) is 49.2 Å². The van der Waals surface area contributed by atoms with E-state index in [-0.39, 0.29) is 23.3 Å². The smallest absolute Gasteiger partial charge is 0.376 e. The van der Waals surface area contributed by atoms with Gasteiger partial charge in [0.25, 0.3) is 11.8 Å². The summed E-state index contributed by atoms with van der Waals surface area (Å²) in [6.07, 6.45) is -6.80. The highest BCUT2D eigenvalue weighted by Gasteiger charge is 2.56. The quantitative estimate of drug-likeness (QED) is 0.303. The normalized spacial score (nSPS) is 17.8. The molecule has 0 aromatic heterocycles. The second kappa shape index (κ2) is 10.3. The van der Waals surface area contributed by atoms with E-state index in [0.717, 1.165) is 11.1 Å². The van der Waals surface area contributed by atoms with Crippen LogP contribution in [-0.4, -0.2) is 53.1 Å². The Morgan fingerprint density at radius 2 is 1.81 bits per heavy atom. The number of aliphatic hydroxyl groups is 1. The number of aryl methyl sites for hydroxylation is 1. The van der Waals surface area contributed by atoms with Crippen molar-refractivity contribution in [3.05, 3.63) is 68.4 Å². The minimum Gasteiger partial charge on any atom is -0.376 e. The lowest BCUT2D eigenvalue weighted by molar-refractivity contribution is -0.264. The average molecular weight is 551 g/mol. The lowest BCUT2D eigenvalue weighted by Gasteiger charge is -2.31. The molecule has 2 atom stereocenters. The Kier molecular flexibility index (Phi) is 7.99. The Morgan fingerprint density at radius 1 is 1.19 bits per heavy atom. The first kappa shape index (κ1) is 27.9. The molecule has 1 fully saturated rings. The van der Waals surface area contributed by atoms with Crippen LogP contribution in [0.25, 0.3) is 0 Å². The lowest BCUT2D eigenvalue weighted by Crippen LogP contribution is -2.44. The third kappa shape index (κ3) is 5.34. The summed E-state index contributed by atoms with van der Waals surface area (Å²) in [6, 6.07) is 3.72. The van der Waals surface area contributed by atoms with Crippen molar-refractivity contribution >= 4 is 40.8 Å². The molecule has 1 aliphatic rings. The van der Waals surface area contributed by atoms with E-state index in [9.17, 15) is 37.1 Å². The fraction of sp³-hybridized carbons (Fsp3) is 0.348. The molecule has 3 rings (SSSR count). The maximum Gasteiger partial charge on any atom is 0.421 e. The molecular formula is C23H20Cl2F4N2O5. The van der Waals surface area contributed by atoms with Gasteiger partial charge in [-0.1, -0.05) is 29.3 Å². The first-order valence-electron chi connectivity index (χ1n) is 10.5. The summed E-state index contributed by atoms with van der Waals surface area (Å²) in [7, 11) is 0. The molecule has 36 heavy (non-hydrogen) atoms. The molecule has 0 aliphatic carbocycles. The van der Waals surface area contributed by atoms with Crippen molar-refractivity contribution in [2.75, 3.05) is 13.2 Å². The molecule has 7 nitrogen and oxygen atoms in total. The standard InChI is InChI=1S/C23H20Cl2F4N2O5/c1-3-31-21(34)17(10-36-31)30-20(33)14-5-4-12(6-11(14)2)18(32)9-22(35,23(27,28)29)13-7-15(24)19(26)16(25)8-13/h4-8,17,35H,3,9-10H2,1-2H3,(H,30,33). The fourth-order valence-corrected chi connectivity index (χ4v) is 4.13. The van der Waals surface area contributed by atoms with E-state index in [4.69, 9.17) is 28.0 Å². The molecule has 194 valence electrons. The highest BCUT2D eigenvalue weighted by atomic mass is 35.5. The average Bonchev–Trinajstić information content (AvgIpc) is 3.14. The Hall–Kier alpha value is -2.73. The second-order valence-corrected chi connectivity index (χ2v) is 8.91. The van der Waals surface area contributed by atoms with Gasteiger partial charge in [-0.2, -0.15) is 13.2 Å². The molecule has 0 spiro atoms. The minimum atomic E-state index is -5.34. The number of rotatable bonds is 7. The number of amides is 2. The van der Waals surface area contributed by atoms with Crippen molar-refractivity contribution in [2.45, 2.75) is 38.1 Å². The van der Waals surface area contributed by atoms with Gasteiger partial charge in [0.1, 0.15) is 12.6 Å². The van der Waals surface area contributed by atoms with Crippen LogP contribution in [0, 0.1) is 12.7 Å². The van der Waals surface area contributed by atoms with Crippen molar-refractivity contribution in [2.24, 2.45) is 0 Å². The number of hydrogen-bond acceptors (Lipinski definition) is 5. The number of carbonyl (C=O) groups excluding carboxylic acids is 3. The number of carbonyl (C=O) groups is 3. The maximum atomic E-state index is 13.9. The minimum absolute atomic E-state index is 0.0541. The SMILES string of the molecule is CCN1OCC(NC(=O)c2ccc(C(=O)CC(O)(c3cc(Cl)c(F)c(Cl)c3)C(F)(F)F)cc2C)C1=O. The molecule has 2 unspecified atom stereocenters. The molecule has 2 amide bonds. The summed E-state index contributed by atoms with van der Waals surface area (Å²) >= 11 is 11.2. The topological polar surface area (TPSA) is 95.9 Å². The van der Waals surface area contributed by atoms with E-state index in [2.05, 4.69) is 5.32 Å². The zero-order valence-corrected chi connectivity index (χ0v) is 20.4. The van der Waals surface area contributed by atoms with Crippen LogP contribution in [0.2, 0.25) is 10.0 Å². The van der Waals surface area contributed by atoms with E-state index in [1.165, 1.54) is 19.1 Å². The summed E-state index contributed by atoms with van der Waals surface area (Å²) in [5.74, 6) is -3.35. The monoisotopic (exact) mass is 550 g/mol. The maximum absolute atomic E-state index is 13.9. The van der Waals surface area contributed by atoms with Gasteiger partial charge in [-0.25, -0.2) is 9.45 Å². The molecule has 2 N–H and O–H groups in total. The van der Waals surface area contributed by atoms with Crippen molar-refractivity contribution < 1.29 is 41.9 Å². The van der Waals surface area contributed by atoms with Gasteiger partial charge in [-0.15, -0.1) is 0 Å². The Balaban J connectivity index is 1.84. The van der Waals surface area contributed by atoms with Gasteiger partial charge in [0.05, 0.1) is 16.5 Å². The van der Waals surface area contributed by atoms with Crippen molar-refractivity contribution in [3.63, 3.8) is 0 Å². The zero-order valence-electron chi connectivity index (χ0n) is 18.9. The molecule has 0 saturated carbocycles. The molecule has 2 aromatic rings. The molecule has 0 radical (unpaired) electrons. The number of nitrogens with zero attached hydrogens (tertiary/aromatic N) is 1. The number of hydroxylamine groups is 2. The molecule has 1 saturated heterocycles. The Labute approximate surface area is 212 Å². The highest BCUT2D eigenvalue weighted by molar-refractivity contribution is 6.35. The molecule has 13 heteroatoms. The highest BCUT2D eigenvalue weighted by Crippen LogP contribution is 2.44. The number of ketones is 1. The van der Waals surface area contributed by atoms with Gasteiger partial charge in [-0.3, -0.25) is 19.2 Å². The predicted octanol–water partition coefficient (Wildman–Crippen LogP) is 4.36. The van der Waals surface area contributed by atoms with Gasteiger partial charge in [0, 0.05) is 17.7 Å². The van der Waals surface area contributed by atoms with Crippen molar-refractivity contribution in [3.8, 4) is 0 Å². The van der Waals surface area contributed by atoms with E-state index in [1.807, 2.05) is 0 Å². The summed E-state index contributed by atoms with van der Waals surface area (Å²) in [5.41, 5.74) is -4.53. The number of Topliss-reactive ketones (excluding diaryl/α,β-unsaturated/α-hetero) is 1. The van der Waals surface area contributed by atoms with E-state index in [1.54, 1.807) is 6.92 Å². The predicted molar refractivity (Wildman–Crippen MR) is 121 cm³/mol. The van der Waals surface area contributed by atoms with Crippen LogP contribution in [-0.2, 0) is 15.2 Å². The first-order valence-corrected chi connectivity index (χ1v) is 11.3. The van der Waals surface area contributed by atoms with Crippen molar-refractivity contribution in [1.82, 2.24) is 10.4 Å². The first-order chi connectivity index (χ1) is 16.7.